The van der Waals surface area contributed by atoms with Crippen molar-refractivity contribution in [1.82, 2.24) is 10.1 Å². The van der Waals surface area contributed by atoms with E-state index in [4.69, 9.17) is 10.9 Å². The van der Waals surface area contributed by atoms with Crippen LogP contribution in [0, 0.1) is 0 Å². The predicted molar refractivity (Wildman–Crippen MR) is 61.8 cm³/mol. The highest BCUT2D eigenvalue weighted by atomic mass is 19.4. The summed E-state index contributed by atoms with van der Waals surface area (Å²) in [7, 11) is 0. The van der Waals surface area contributed by atoms with Gasteiger partial charge in [0.05, 0.1) is 0 Å². The van der Waals surface area contributed by atoms with Gasteiger partial charge in [0.1, 0.15) is 5.84 Å². The van der Waals surface area contributed by atoms with Crippen LogP contribution in [0.1, 0.15) is 11.5 Å². The molecule has 2 aromatic rings. The van der Waals surface area contributed by atoms with E-state index in [1.54, 1.807) is 12.1 Å². The van der Waals surface area contributed by atoms with Crippen molar-refractivity contribution in [3.8, 4) is 11.4 Å². The molecule has 1 aromatic carbocycles. The maximum Gasteiger partial charge on any atom is 0.471 e. The summed E-state index contributed by atoms with van der Waals surface area (Å²) in [6.45, 7) is 0. The first-order chi connectivity index (χ1) is 9.40. The Hall–Kier alpha value is -2.58. The lowest BCUT2D eigenvalue weighted by molar-refractivity contribution is -0.159. The van der Waals surface area contributed by atoms with E-state index >= 15 is 0 Å². The van der Waals surface area contributed by atoms with Gasteiger partial charge in [0.15, 0.2) is 0 Å². The molecule has 6 nitrogen and oxygen atoms in total. The average Bonchev–Trinajstić information content (AvgIpc) is 2.89. The van der Waals surface area contributed by atoms with Gasteiger partial charge in [-0.1, -0.05) is 34.6 Å². The van der Waals surface area contributed by atoms with Crippen LogP contribution in [0.25, 0.3) is 11.4 Å². The lowest BCUT2D eigenvalue weighted by Crippen LogP contribution is -2.14. The highest BCUT2D eigenvalue weighted by Crippen LogP contribution is 2.29. The van der Waals surface area contributed by atoms with Crippen molar-refractivity contribution in [3.63, 3.8) is 0 Å². The van der Waals surface area contributed by atoms with E-state index in [-0.39, 0.29) is 18.1 Å². The van der Waals surface area contributed by atoms with Crippen LogP contribution in [0.4, 0.5) is 13.2 Å². The van der Waals surface area contributed by atoms with Crippen molar-refractivity contribution in [3.05, 3.63) is 35.7 Å². The molecule has 20 heavy (non-hydrogen) atoms. The predicted octanol–water partition coefficient (Wildman–Crippen LogP) is 2.04. The molecule has 106 valence electrons. The van der Waals surface area contributed by atoms with Crippen molar-refractivity contribution < 1.29 is 22.9 Å². The van der Waals surface area contributed by atoms with E-state index in [2.05, 4.69) is 19.8 Å². The van der Waals surface area contributed by atoms with Crippen LogP contribution in [0.3, 0.4) is 0 Å². The maximum atomic E-state index is 12.3. The van der Waals surface area contributed by atoms with Gasteiger partial charge in [0.25, 0.3) is 0 Å². The monoisotopic (exact) mass is 286 g/mol. The zero-order valence-electron chi connectivity index (χ0n) is 9.92. The van der Waals surface area contributed by atoms with E-state index in [0.29, 0.717) is 5.56 Å². The summed E-state index contributed by atoms with van der Waals surface area (Å²) in [4.78, 5) is 3.27. The van der Waals surface area contributed by atoms with Crippen LogP contribution in [-0.2, 0) is 12.6 Å². The minimum atomic E-state index is -4.67. The Morgan fingerprint density at radius 2 is 1.95 bits per heavy atom. The van der Waals surface area contributed by atoms with E-state index in [9.17, 15) is 13.2 Å². The number of nitrogens with two attached hydrogens (primary N) is 1. The number of rotatable bonds is 3. The Labute approximate surface area is 110 Å². The van der Waals surface area contributed by atoms with Crippen molar-refractivity contribution in [2.75, 3.05) is 0 Å². The van der Waals surface area contributed by atoms with Gasteiger partial charge in [-0.2, -0.15) is 18.2 Å². The lowest BCUT2D eigenvalue weighted by Gasteiger charge is -2.00. The fourth-order valence-electron chi connectivity index (χ4n) is 1.47. The Morgan fingerprint density at radius 1 is 1.30 bits per heavy atom. The molecule has 0 amide bonds. The molecule has 0 radical (unpaired) electrons. The fraction of sp³-hybridized carbons (Fsp3) is 0.182. The molecule has 0 spiro atoms. The SMILES string of the molecule is N/C(Cc1ccc(-c2noc(C(F)(F)F)n2)cc1)=N\O. The standard InChI is InChI=1S/C11H9F3N4O2/c12-11(13,14)10-16-9(18-20-10)7-3-1-6(2-4-7)5-8(15)17-19/h1-4,19H,5H2,(H2,15,17). The summed E-state index contributed by atoms with van der Waals surface area (Å²) in [6, 6.07) is 6.25. The maximum absolute atomic E-state index is 12.3. The highest BCUT2D eigenvalue weighted by molar-refractivity contribution is 5.82. The molecule has 2 rings (SSSR count). The van der Waals surface area contributed by atoms with Crippen LogP contribution in [-0.4, -0.2) is 21.2 Å². The van der Waals surface area contributed by atoms with Gasteiger partial charge in [-0.15, -0.1) is 0 Å². The minimum Gasteiger partial charge on any atom is -0.409 e. The largest absolute Gasteiger partial charge is 0.471 e. The van der Waals surface area contributed by atoms with Crippen LogP contribution in [0.2, 0.25) is 0 Å². The molecular formula is C11H9F3N4O2. The number of alkyl halides is 3. The van der Waals surface area contributed by atoms with Crippen LogP contribution in [0.15, 0.2) is 33.9 Å². The van der Waals surface area contributed by atoms with E-state index in [1.165, 1.54) is 12.1 Å². The molecular weight excluding hydrogens is 277 g/mol. The molecule has 0 aliphatic carbocycles. The zero-order chi connectivity index (χ0) is 14.8. The molecule has 3 N–H and O–H groups in total. The quantitative estimate of drug-likeness (QED) is 0.389. The second-order valence-electron chi connectivity index (χ2n) is 3.89. The normalized spacial score (nSPS) is 12.7. The zero-order valence-corrected chi connectivity index (χ0v) is 9.92. The smallest absolute Gasteiger partial charge is 0.409 e. The summed E-state index contributed by atoms with van der Waals surface area (Å²) in [5.74, 6) is -1.53. The van der Waals surface area contributed by atoms with Crippen molar-refractivity contribution >= 4 is 5.84 Å². The van der Waals surface area contributed by atoms with E-state index in [0.717, 1.165) is 5.56 Å². The summed E-state index contributed by atoms with van der Waals surface area (Å²) < 4.78 is 41.1. The lowest BCUT2D eigenvalue weighted by atomic mass is 10.1. The van der Waals surface area contributed by atoms with Crippen molar-refractivity contribution in [1.29, 1.82) is 0 Å². The Morgan fingerprint density at radius 3 is 2.45 bits per heavy atom. The Kier molecular flexibility index (Phi) is 3.59. The van der Waals surface area contributed by atoms with Crippen LogP contribution >= 0.6 is 0 Å². The molecule has 0 atom stereocenters. The molecule has 1 heterocycles. The summed E-state index contributed by atoms with van der Waals surface area (Å²) in [6.07, 6.45) is -4.45. The first-order valence-corrected chi connectivity index (χ1v) is 5.37. The number of amidine groups is 1. The molecule has 0 saturated carbocycles. The van der Waals surface area contributed by atoms with E-state index in [1.807, 2.05) is 0 Å². The molecule has 0 unspecified atom stereocenters. The molecule has 9 heteroatoms. The number of benzene rings is 1. The van der Waals surface area contributed by atoms with Gasteiger partial charge in [-0.05, 0) is 5.56 Å². The molecule has 1 aromatic heterocycles. The van der Waals surface area contributed by atoms with Gasteiger partial charge >= 0.3 is 12.1 Å². The van der Waals surface area contributed by atoms with Crippen LogP contribution < -0.4 is 5.73 Å². The van der Waals surface area contributed by atoms with Gasteiger partial charge < -0.3 is 15.5 Å². The average molecular weight is 286 g/mol. The summed E-state index contributed by atoms with van der Waals surface area (Å²) in [5.41, 5.74) is 6.43. The molecule has 0 aliphatic heterocycles. The molecule has 0 bridgehead atoms. The number of hydrogen-bond acceptors (Lipinski definition) is 5. The minimum absolute atomic E-state index is 0.0247. The third kappa shape index (κ3) is 3.05. The first kappa shape index (κ1) is 13.8. The van der Waals surface area contributed by atoms with Gasteiger partial charge in [0.2, 0.25) is 5.82 Å². The number of hydrogen-bond donors (Lipinski definition) is 2. The van der Waals surface area contributed by atoms with Crippen LogP contribution in [0.5, 0.6) is 0 Å². The second kappa shape index (κ2) is 5.19. The first-order valence-electron chi connectivity index (χ1n) is 5.37. The molecule has 0 aliphatic rings. The van der Waals surface area contributed by atoms with Gasteiger partial charge in [-0.25, -0.2) is 0 Å². The number of nitrogens with zero attached hydrogens (tertiary/aromatic N) is 3. The van der Waals surface area contributed by atoms with E-state index < -0.39 is 12.1 Å². The van der Waals surface area contributed by atoms with Crippen molar-refractivity contribution in [2.24, 2.45) is 10.9 Å². The number of halogens is 3. The number of aromatic nitrogens is 2. The number of oxime groups is 1. The highest BCUT2D eigenvalue weighted by Gasteiger charge is 2.38. The summed E-state index contributed by atoms with van der Waals surface area (Å²) >= 11 is 0. The van der Waals surface area contributed by atoms with Gasteiger partial charge in [0, 0.05) is 12.0 Å². The molecule has 0 fully saturated rings. The summed E-state index contributed by atoms with van der Waals surface area (Å²) in [5, 5.41) is 14.5. The van der Waals surface area contributed by atoms with Crippen molar-refractivity contribution in [2.45, 2.75) is 12.6 Å². The second-order valence-corrected chi connectivity index (χ2v) is 3.89. The molecule has 0 saturated heterocycles. The van der Waals surface area contributed by atoms with Gasteiger partial charge in [-0.3, -0.25) is 0 Å². The third-order valence-corrected chi connectivity index (χ3v) is 2.39. The third-order valence-electron chi connectivity index (χ3n) is 2.39. The Bertz CT molecular complexity index is 619. The topological polar surface area (TPSA) is 97.5 Å². The Balaban J connectivity index is 2.20. The fourth-order valence-corrected chi connectivity index (χ4v) is 1.47.